The number of hydrogen-bond donors (Lipinski definition) is 4. The van der Waals surface area contributed by atoms with Crippen molar-refractivity contribution >= 4 is 28.2 Å². The van der Waals surface area contributed by atoms with Crippen LogP contribution < -0.4 is 20.5 Å². The number of fused-ring (bicyclic) bond motifs is 1. The Morgan fingerprint density at radius 1 is 1.28 bits per heavy atom. The number of amides is 1. The molecule has 1 fully saturated rings. The Labute approximate surface area is 210 Å². The molecule has 1 unspecified atom stereocenters. The lowest BCUT2D eigenvalue weighted by atomic mass is 10.0. The molecule has 192 valence electrons. The Bertz CT molecular complexity index is 1230. The van der Waals surface area contributed by atoms with Crippen molar-refractivity contribution in [3.63, 3.8) is 0 Å². The van der Waals surface area contributed by atoms with Crippen molar-refractivity contribution in [3.05, 3.63) is 53.2 Å². The summed E-state index contributed by atoms with van der Waals surface area (Å²) >= 11 is 0. The number of likely N-dealkylation sites (tertiary alicyclic amines) is 1. The number of rotatable bonds is 11. The summed E-state index contributed by atoms with van der Waals surface area (Å²) in [5, 5.41) is 23.6. The van der Waals surface area contributed by atoms with Gasteiger partial charge in [-0.25, -0.2) is 0 Å². The fraction of sp³-hybridized carbons (Fsp3) is 0.407. The first-order chi connectivity index (χ1) is 17.4. The van der Waals surface area contributed by atoms with Crippen molar-refractivity contribution in [2.24, 2.45) is 5.73 Å². The van der Waals surface area contributed by atoms with Gasteiger partial charge in [0.2, 0.25) is 5.91 Å². The van der Waals surface area contributed by atoms with Gasteiger partial charge in [-0.05, 0) is 43.0 Å². The summed E-state index contributed by atoms with van der Waals surface area (Å²) in [6, 6.07) is 9.35. The maximum atomic E-state index is 11.8. The van der Waals surface area contributed by atoms with Crippen LogP contribution in [0.2, 0.25) is 0 Å². The zero-order valence-corrected chi connectivity index (χ0v) is 20.8. The Balaban J connectivity index is 1.63. The van der Waals surface area contributed by atoms with Crippen molar-refractivity contribution in [1.29, 1.82) is 0 Å². The van der Waals surface area contributed by atoms with Crippen LogP contribution in [0, 0.1) is 6.92 Å². The molecule has 9 heteroatoms. The lowest BCUT2D eigenvalue weighted by Crippen LogP contribution is -2.24. The monoisotopic (exact) mass is 494 g/mol. The number of primary amides is 1. The number of β-amino-alcohol motifs (C(OH)–C–C–N with tert-alkyl or cyclic N) is 1. The number of aromatic nitrogens is 1. The molecule has 1 aliphatic rings. The van der Waals surface area contributed by atoms with Gasteiger partial charge < -0.3 is 35.6 Å². The molecular formula is C27H34N4O5. The number of aliphatic hydroxyl groups excluding tert-OH is 2. The minimum absolute atomic E-state index is 0.0236. The van der Waals surface area contributed by atoms with Crippen LogP contribution >= 0.6 is 0 Å². The average molecular weight is 495 g/mol. The van der Waals surface area contributed by atoms with Gasteiger partial charge in [-0.1, -0.05) is 12.1 Å². The highest BCUT2D eigenvalue weighted by molar-refractivity contribution is 5.98. The van der Waals surface area contributed by atoms with Gasteiger partial charge in [0.15, 0.2) is 11.5 Å². The number of nitrogens with two attached hydrogens (primary N) is 1. The Hall–Kier alpha value is -3.40. The Kier molecular flexibility index (Phi) is 8.25. The first-order valence-corrected chi connectivity index (χ1v) is 12.2. The van der Waals surface area contributed by atoms with E-state index < -0.39 is 5.91 Å². The average Bonchev–Trinajstić information content (AvgIpc) is 3.28. The van der Waals surface area contributed by atoms with Gasteiger partial charge in [0.1, 0.15) is 0 Å². The summed E-state index contributed by atoms with van der Waals surface area (Å²) in [7, 11) is 1.59. The van der Waals surface area contributed by atoms with Gasteiger partial charge in [-0.15, -0.1) is 0 Å². The van der Waals surface area contributed by atoms with E-state index in [1.165, 1.54) is 0 Å². The number of nitrogens with zero attached hydrogens (tertiary/aromatic N) is 2. The summed E-state index contributed by atoms with van der Waals surface area (Å²) in [6.07, 6.45) is 3.09. The number of anilines is 2. The van der Waals surface area contributed by atoms with E-state index in [1.54, 1.807) is 13.3 Å². The van der Waals surface area contributed by atoms with Crippen LogP contribution in [0.4, 0.5) is 11.4 Å². The number of aliphatic hydroxyl groups is 2. The van der Waals surface area contributed by atoms with Crippen molar-refractivity contribution in [3.8, 4) is 11.5 Å². The standard InChI is InChI=1S/C27H34N4O5/c1-17-18(16-32)5-3-6-22(17)30-27-19(11-26(28)34)14-29-23-13-25(24(35-2)12-21(23)27)36-10-4-8-31-9-7-20(33)15-31/h3,5-6,12-14,20,32-33H,4,7-11,15-16H2,1-2H3,(H2,28,34)(H,29,30). The van der Waals surface area contributed by atoms with E-state index in [4.69, 9.17) is 15.2 Å². The molecule has 0 bridgehead atoms. The molecule has 1 aromatic heterocycles. The van der Waals surface area contributed by atoms with Gasteiger partial charge in [0, 0.05) is 48.5 Å². The van der Waals surface area contributed by atoms with Crippen molar-refractivity contribution in [1.82, 2.24) is 9.88 Å². The van der Waals surface area contributed by atoms with Crippen LogP contribution in [0.25, 0.3) is 10.9 Å². The molecule has 1 amide bonds. The van der Waals surface area contributed by atoms with E-state index in [2.05, 4.69) is 15.2 Å². The smallest absolute Gasteiger partial charge is 0.221 e. The maximum Gasteiger partial charge on any atom is 0.221 e. The molecule has 2 aromatic carbocycles. The lowest BCUT2D eigenvalue weighted by molar-refractivity contribution is -0.117. The molecule has 0 aliphatic carbocycles. The Morgan fingerprint density at radius 2 is 2.11 bits per heavy atom. The van der Waals surface area contributed by atoms with Crippen LogP contribution in [0.3, 0.4) is 0 Å². The van der Waals surface area contributed by atoms with E-state index in [0.717, 1.165) is 48.1 Å². The summed E-state index contributed by atoms with van der Waals surface area (Å²) in [4.78, 5) is 18.6. The number of pyridine rings is 1. The molecule has 0 spiro atoms. The van der Waals surface area contributed by atoms with Crippen LogP contribution in [-0.4, -0.2) is 65.5 Å². The summed E-state index contributed by atoms with van der Waals surface area (Å²) in [6.45, 7) is 4.86. The quantitative estimate of drug-likeness (QED) is 0.299. The molecule has 3 aromatic rings. The number of carbonyl (C=O) groups excluding carboxylic acids is 1. The number of nitrogens with one attached hydrogen (secondary N) is 1. The molecule has 9 nitrogen and oxygen atoms in total. The molecule has 36 heavy (non-hydrogen) atoms. The molecule has 1 aliphatic heterocycles. The molecule has 2 heterocycles. The second-order valence-corrected chi connectivity index (χ2v) is 9.14. The highest BCUT2D eigenvalue weighted by Gasteiger charge is 2.20. The molecular weight excluding hydrogens is 460 g/mol. The van der Waals surface area contributed by atoms with Crippen LogP contribution in [-0.2, 0) is 17.8 Å². The molecule has 0 saturated carbocycles. The van der Waals surface area contributed by atoms with E-state index in [-0.39, 0.29) is 19.1 Å². The minimum Gasteiger partial charge on any atom is -0.493 e. The van der Waals surface area contributed by atoms with Gasteiger partial charge in [-0.3, -0.25) is 9.78 Å². The molecule has 0 radical (unpaired) electrons. The van der Waals surface area contributed by atoms with E-state index in [1.807, 2.05) is 37.3 Å². The van der Waals surface area contributed by atoms with Gasteiger partial charge in [0.25, 0.3) is 0 Å². The predicted octanol–water partition coefficient (Wildman–Crippen LogP) is 2.65. The summed E-state index contributed by atoms with van der Waals surface area (Å²) in [5.41, 5.74) is 10.1. The number of ether oxygens (including phenoxy) is 2. The minimum atomic E-state index is -0.461. The zero-order chi connectivity index (χ0) is 25.7. The SMILES string of the molecule is COc1cc2c(Nc3cccc(CO)c3C)c(CC(N)=O)cnc2cc1OCCCN1CCC(O)C1. The molecule has 1 saturated heterocycles. The number of hydrogen-bond acceptors (Lipinski definition) is 8. The van der Waals surface area contributed by atoms with Crippen molar-refractivity contribution < 1.29 is 24.5 Å². The first-order valence-electron chi connectivity index (χ1n) is 12.2. The number of benzene rings is 2. The zero-order valence-electron chi connectivity index (χ0n) is 20.8. The highest BCUT2D eigenvalue weighted by atomic mass is 16.5. The highest BCUT2D eigenvalue weighted by Crippen LogP contribution is 2.38. The third-order valence-electron chi connectivity index (χ3n) is 6.60. The molecule has 5 N–H and O–H groups in total. The van der Waals surface area contributed by atoms with Crippen molar-refractivity contribution in [2.45, 2.75) is 38.9 Å². The lowest BCUT2D eigenvalue weighted by Gasteiger charge is -2.19. The third kappa shape index (κ3) is 5.87. The Morgan fingerprint density at radius 3 is 2.81 bits per heavy atom. The maximum absolute atomic E-state index is 11.8. The fourth-order valence-corrected chi connectivity index (χ4v) is 4.59. The molecule has 1 atom stereocenters. The van der Waals surface area contributed by atoms with Crippen molar-refractivity contribution in [2.75, 3.05) is 38.7 Å². The summed E-state index contributed by atoms with van der Waals surface area (Å²) in [5.74, 6) is 0.685. The summed E-state index contributed by atoms with van der Waals surface area (Å²) < 4.78 is 11.7. The number of methoxy groups -OCH3 is 1. The van der Waals surface area contributed by atoms with E-state index in [9.17, 15) is 15.0 Å². The molecule has 4 rings (SSSR count). The second-order valence-electron chi connectivity index (χ2n) is 9.14. The van der Waals surface area contributed by atoms with Gasteiger partial charge in [0.05, 0.1) is 44.1 Å². The van der Waals surface area contributed by atoms with Gasteiger partial charge in [-0.2, -0.15) is 0 Å². The van der Waals surface area contributed by atoms with E-state index in [0.29, 0.717) is 41.4 Å². The third-order valence-corrected chi connectivity index (χ3v) is 6.60. The van der Waals surface area contributed by atoms with Crippen LogP contribution in [0.1, 0.15) is 29.5 Å². The fourth-order valence-electron chi connectivity index (χ4n) is 4.59. The predicted molar refractivity (Wildman–Crippen MR) is 139 cm³/mol. The van der Waals surface area contributed by atoms with Gasteiger partial charge >= 0.3 is 0 Å². The number of carbonyl (C=O) groups is 1. The topological polar surface area (TPSA) is 130 Å². The van der Waals surface area contributed by atoms with Crippen LogP contribution in [0.15, 0.2) is 36.5 Å². The second kappa shape index (κ2) is 11.6. The van der Waals surface area contributed by atoms with E-state index >= 15 is 0 Å². The first kappa shape index (κ1) is 25.7. The van der Waals surface area contributed by atoms with Crippen LogP contribution in [0.5, 0.6) is 11.5 Å². The largest absolute Gasteiger partial charge is 0.493 e. The normalized spacial score (nSPS) is 15.8.